The molecule has 0 heterocycles. The average molecular weight is 288 g/mol. The SMILES string of the molecule is O=[N+]([O-])c1ccccc1NCNc1ccccc1[N+](=O)[O-]. The highest BCUT2D eigenvalue weighted by molar-refractivity contribution is 5.64. The summed E-state index contributed by atoms with van der Waals surface area (Å²) in [6, 6.07) is 12.4. The van der Waals surface area contributed by atoms with Crippen LogP contribution in [0.2, 0.25) is 0 Å². The van der Waals surface area contributed by atoms with E-state index in [4.69, 9.17) is 0 Å². The van der Waals surface area contributed by atoms with Gasteiger partial charge in [0, 0.05) is 12.1 Å². The molecule has 0 bridgehead atoms. The predicted molar refractivity (Wildman–Crippen MR) is 78.3 cm³/mol. The molecule has 0 aliphatic heterocycles. The van der Waals surface area contributed by atoms with Crippen LogP contribution in [-0.2, 0) is 0 Å². The van der Waals surface area contributed by atoms with Gasteiger partial charge in [-0.1, -0.05) is 24.3 Å². The zero-order chi connectivity index (χ0) is 15.2. The van der Waals surface area contributed by atoms with E-state index in [0.29, 0.717) is 11.4 Å². The average Bonchev–Trinajstić information content (AvgIpc) is 2.48. The molecule has 2 aromatic carbocycles. The van der Waals surface area contributed by atoms with E-state index in [1.165, 1.54) is 12.1 Å². The van der Waals surface area contributed by atoms with Crippen LogP contribution in [-0.4, -0.2) is 16.5 Å². The molecule has 0 aliphatic rings. The second-order valence-corrected chi connectivity index (χ2v) is 4.08. The van der Waals surface area contributed by atoms with Crippen molar-refractivity contribution >= 4 is 22.7 Å². The summed E-state index contributed by atoms with van der Waals surface area (Å²) in [6.45, 7) is 0.121. The molecule has 0 aliphatic carbocycles. The number of hydrogen-bond acceptors (Lipinski definition) is 6. The van der Waals surface area contributed by atoms with Crippen LogP contribution in [0.4, 0.5) is 22.7 Å². The molecule has 2 rings (SSSR count). The molecule has 0 unspecified atom stereocenters. The zero-order valence-corrected chi connectivity index (χ0v) is 10.9. The van der Waals surface area contributed by atoms with Gasteiger partial charge in [-0.15, -0.1) is 0 Å². The fourth-order valence-corrected chi connectivity index (χ4v) is 1.80. The lowest BCUT2D eigenvalue weighted by Crippen LogP contribution is -2.13. The largest absolute Gasteiger partial charge is 0.362 e. The Bertz CT molecular complexity index is 617. The number of nitrogens with zero attached hydrogens (tertiary/aromatic N) is 2. The normalized spacial score (nSPS) is 9.90. The first kappa shape index (κ1) is 14.3. The number of anilines is 2. The summed E-state index contributed by atoms with van der Waals surface area (Å²) < 4.78 is 0. The van der Waals surface area contributed by atoms with E-state index in [-0.39, 0.29) is 18.0 Å². The number of nitro benzene ring substituents is 2. The van der Waals surface area contributed by atoms with Crippen molar-refractivity contribution in [1.29, 1.82) is 0 Å². The van der Waals surface area contributed by atoms with Crippen LogP contribution in [0, 0.1) is 20.2 Å². The molecule has 8 heteroatoms. The third-order valence-corrected chi connectivity index (χ3v) is 2.76. The maximum absolute atomic E-state index is 10.9. The number of nitrogens with one attached hydrogen (secondary N) is 2. The highest BCUT2D eigenvalue weighted by Crippen LogP contribution is 2.25. The van der Waals surface area contributed by atoms with Gasteiger partial charge in [0.15, 0.2) is 0 Å². The van der Waals surface area contributed by atoms with Crippen molar-refractivity contribution in [2.75, 3.05) is 17.3 Å². The molecule has 0 atom stereocenters. The Morgan fingerprint density at radius 2 is 1.14 bits per heavy atom. The molecule has 108 valence electrons. The summed E-state index contributed by atoms with van der Waals surface area (Å²) in [5.74, 6) is 0. The van der Waals surface area contributed by atoms with Gasteiger partial charge in [0.25, 0.3) is 11.4 Å². The zero-order valence-electron chi connectivity index (χ0n) is 10.9. The minimum absolute atomic E-state index is 0.0538. The number of rotatable bonds is 6. The molecule has 0 aromatic heterocycles. The van der Waals surface area contributed by atoms with Crippen molar-refractivity contribution in [2.24, 2.45) is 0 Å². The Hall–Kier alpha value is -3.16. The van der Waals surface area contributed by atoms with Gasteiger partial charge in [0.1, 0.15) is 11.4 Å². The lowest BCUT2D eigenvalue weighted by Gasteiger charge is -2.09. The molecule has 2 N–H and O–H groups in total. The van der Waals surface area contributed by atoms with E-state index >= 15 is 0 Å². The molecular formula is C13H12N4O4. The first-order valence-corrected chi connectivity index (χ1v) is 6.04. The lowest BCUT2D eigenvalue weighted by molar-refractivity contribution is -0.384. The molecule has 0 spiro atoms. The van der Waals surface area contributed by atoms with Gasteiger partial charge < -0.3 is 10.6 Å². The van der Waals surface area contributed by atoms with Crippen LogP contribution in [0.15, 0.2) is 48.5 Å². The smallest absolute Gasteiger partial charge is 0.292 e. The maximum atomic E-state index is 10.9. The van der Waals surface area contributed by atoms with E-state index in [1.54, 1.807) is 36.4 Å². The van der Waals surface area contributed by atoms with Gasteiger partial charge in [0.05, 0.1) is 16.5 Å². The van der Waals surface area contributed by atoms with Gasteiger partial charge >= 0.3 is 0 Å². The summed E-state index contributed by atoms with van der Waals surface area (Å²) >= 11 is 0. The van der Waals surface area contributed by atoms with Crippen LogP contribution in [0.25, 0.3) is 0 Å². The van der Waals surface area contributed by atoms with Crippen molar-refractivity contribution in [1.82, 2.24) is 0 Å². The Kier molecular flexibility index (Phi) is 4.30. The molecule has 8 nitrogen and oxygen atoms in total. The minimum atomic E-state index is -0.493. The molecule has 21 heavy (non-hydrogen) atoms. The Balaban J connectivity index is 2.06. The van der Waals surface area contributed by atoms with Crippen molar-refractivity contribution < 1.29 is 9.85 Å². The van der Waals surface area contributed by atoms with Crippen LogP contribution in [0.5, 0.6) is 0 Å². The monoisotopic (exact) mass is 288 g/mol. The summed E-state index contributed by atoms with van der Waals surface area (Å²) in [5, 5.41) is 27.4. The third-order valence-electron chi connectivity index (χ3n) is 2.76. The van der Waals surface area contributed by atoms with E-state index in [2.05, 4.69) is 10.6 Å². The van der Waals surface area contributed by atoms with E-state index in [1.807, 2.05) is 0 Å². The maximum Gasteiger partial charge on any atom is 0.292 e. The fraction of sp³-hybridized carbons (Fsp3) is 0.0769. The Morgan fingerprint density at radius 1 is 0.762 bits per heavy atom. The quantitative estimate of drug-likeness (QED) is 0.480. The summed E-state index contributed by atoms with van der Waals surface area (Å²) in [5.41, 5.74) is 0.575. The van der Waals surface area contributed by atoms with Crippen molar-refractivity contribution in [3.8, 4) is 0 Å². The van der Waals surface area contributed by atoms with Crippen molar-refractivity contribution in [2.45, 2.75) is 0 Å². The second kappa shape index (κ2) is 6.33. The van der Waals surface area contributed by atoms with E-state index in [9.17, 15) is 20.2 Å². The highest BCUT2D eigenvalue weighted by atomic mass is 16.6. The number of benzene rings is 2. The predicted octanol–water partition coefficient (Wildman–Crippen LogP) is 2.98. The van der Waals surface area contributed by atoms with Gasteiger partial charge in [-0.2, -0.15) is 0 Å². The van der Waals surface area contributed by atoms with Crippen molar-refractivity contribution in [3.63, 3.8) is 0 Å². The minimum Gasteiger partial charge on any atom is -0.362 e. The molecule has 0 saturated heterocycles. The van der Waals surface area contributed by atoms with Gasteiger partial charge in [0.2, 0.25) is 0 Å². The lowest BCUT2D eigenvalue weighted by atomic mass is 10.2. The fourth-order valence-electron chi connectivity index (χ4n) is 1.80. The molecule has 0 fully saturated rings. The first-order valence-electron chi connectivity index (χ1n) is 6.04. The van der Waals surface area contributed by atoms with Gasteiger partial charge in [-0.05, 0) is 12.1 Å². The van der Waals surface area contributed by atoms with Crippen LogP contribution < -0.4 is 10.6 Å². The highest BCUT2D eigenvalue weighted by Gasteiger charge is 2.13. The Morgan fingerprint density at radius 3 is 1.52 bits per heavy atom. The van der Waals surface area contributed by atoms with Crippen LogP contribution in [0.1, 0.15) is 0 Å². The molecule has 0 saturated carbocycles. The van der Waals surface area contributed by atoms with Crippen LogP contribution >= 0.6 is 0 Å². The summed E-state index contributed by atoms with van der Waals surface area (Å²) in [4.78, 5) is 20.7. The number of hydrogen-bond donors (Lipinski definition) is 2. The summed E-state index contributed by atoms with van der Waals surface area (Å²) in [6.07, 6.45) is 0. The second-order valence-electron chi connectivity index (χ2n) is 4.08. The Labute approximate surface area is 119 Å². The molecular weight excluding hydrogens is 276 g/mol. The summed E-state index contributed by atoms with van der Waals surface area (Å²) in [7, 11) is 0. The molecule has 0 radical (unpaired) electrons. The third kappa shape index (κ3) is 3.44. The molecule has 0 amide bonds. The van der Waals surface area contributed by atoms with E-state index in [0.717, 1.165) is 0 Å². The van der Waals surface area contributed by atoms with E-state index < -0.39 is 9.85 Å². The van der Waals surface area contributed by atoms with Crippen molar-refractivity contribution in [3.05, 3.63) is 68.8 Å². The first-order chi connectivity index (χ1) is 10.1. The van der Waals surface area contributed by atoms with Crippen LogP contribution in [0.3, 0.4) is 0 Å². The number of nitro groups is 2. The van der Waals surface area contributed by atoms with Gasteiger partial charge in [-0.3, -0.25) is 20.2 Å². The van der Waals surface area contributed by atoms with Gasteiger partial charge in [-0.25, -0.2) is 0 Å². The topological polar surface area (TPSA) is 110 Å². The number of para-hydroxylation sites is 4. The molecule has 2 aromatic rings. The standard InChI is InChI=1S/C13H12N4O4/c18-16(19)12-7-3-1-5-10(12)14-9-15-11-6-2-4-8-13(11)17(20)21/h1-8,14-15H,9H2.